The van der Waals surface area contributed by atoms with E-state index in [0.29, 0.717) is 12.4 Å². The molecule has 1 atom stereocenters. The normalized spacial score (nSPS) is 20.0. The summed E-state index contributed by atoms with van der Waals surface area (Å²) in [6, 6.07) is 5.27. The van der Waals surface area contributed by atoms with Crippen molar-refractivity contribution in [2.45, 2.75) is 56.2 Å². The quantitative estimate of drug-likeness (QED) is 0.343. The SMILES string of the molecule is CCCCCCCCOc1ccc(C2(Br)C=CC=CC2)cc1F. The first-order valence-corrected chi connectivity index (χ1v) is 9.41. The number of halogens is 2. The Morgan fingerprint density at radius 2 is 1.91 bits per heavy atom. The van der Waals surface area contributed by atoms with Crippen molar-refractivity contribution in [2.75, 3.05) is 6.61 Å². The van der Waals surface area contributed by atoms with Crippen molar-refractivity contribution in [1.82, 2.24) is 0 Å². The Morgan fingerprint density at radius 1 is 1.13 bits per heavy atom. The third-order valence-electron chi connectivity index (χ3n) is 4.19. The number of ether oxygens (including phenoxy) is 1. The molecule has 1 aromatic rings. The van der Waals surface area contributed by atoms with Gasteiger partial charge in [-0.15, -0.1) is 0 Å². The van der Waals surface area contributed by atoms with Gasteiger partial charge in [0, 0.05) is 0 Å². The zero-order valence-electron chi connectivity index (χ0n) is 13.9. The van der Waals surface area contributed by atoms with E-state index in [-0.39, 0.29) is 10.1 Å². The van der Waals surface area contributed by atoms with Crippen LogP contribution >= 0.6 is 15.9 Å². The maximum absolute atomic E-state index is 14.3. The topological polar surface area (TPSA) is 9.23 Å². The lowest BCUT2D eigenvalue weighted by Gasteiger charge is -2.25. The van der Waals surface area contributed by atoms with Crippen LogP contribution in [0.4, 0.5) is 4.39 Å². The molecule has 0 aromatic heterocycles. The van der Waals surface area contributed by atoms with E-state index in [4.69, 9.17) is 4.74 Å². The van der Waals surface area contributed by atoms with Crippen molar-refractivity contribution in [3.05, 3.63) is 53.9 Å². The fourth-order valence-corrected chi connectivity index (χ4v) is 3.34. The highest BCUT2D eigenvalue weighted by atomic mass is 79.9. The second-order valence-corrected chi connectivity index (χ2v) is 7.53. The highest BCUT2D eigenvalue weighted by Crippen LogP contribution is 2.40. The van der Waals surface area contributed by atoms with Gasteiger partial charge in [0.2, 0.25) is 0 Å². The van der Waals surface area contributed by atoms with Crippen molar-refractivity contribution in [3.8, 4) is 5.75 Å². The van der Waals surface area contributed by atoms with Crippen LogP contribution in [0.25, 0.3) is 0 Å². The monoisotopic (exact) mass is 380 g/mol. The molecule has 126 valence electrons. The summed E-state index contributed by atoms with van der Waals surface area (Å²) in [6.45, 7) is 2.80. The lowest BCUT2D eigenvalue weighted by molar-refractivity contribution is 0.289. The van der Waals surface area contributed by atoms with Crippen LogP contribution in [0.1, 0.15) is 57.4 Å². The predicted octanol–water partition coefficient (Wildman–Crippen LogP) is 6.67. The van der Waals surface area contributed by atoms with Crippen LogP contribution < -0.4 is 4.74 Å². The lowest BCUT2D eigenvalue weighted by Crippen LogP contribution is -2.15. The first kappa shape index (κ1) is 18.3. The summed E-state index contributed by atoms with van der Waals surface area (Å²) in [6.07, 6.45) is 16.2. The predicted molar refractivity (Wildman–Crippen MR) is 98.8 cm³/mol. The molecular formula is C20H26BrFO. The summed E-state index contributed by atoms with van der Waals surface area (Å²) in [4.78, 5) is 0. The van der Waals surface area contributed by atoms with E-state index in [9.17, 15) is 4.39 Å². The average Bonchev–Trinajstić information content (AvgIpc) is 2.56. The maximum Gasteiger partial charge on any atom is 0.165 e. The van der Waals surface area contributed by atoms with Crippen LogP contribution in [0, 0.1) is 5.82 Å². The van der Waals surface area contributed by atoms with Crippen LogP contribution in [-0.2, 0) is 4.32 Å². The number of allylic oxidation sites excluding steroid dienone is 4. The van der Waals surface area contributed by atoms with E-state index < -0.39 is 0 Å². The minimum atomic E-state index is -0.305. The average molecular weight is 381 g/mol. The molecule has 0 heterocycles. The molecule has 3 heteroatoms. The van der Waals surface area contributed by atoms with Gasteiger partial charge in [0.25, 0.3) is 0 Å². The second-order valence-electron chi connectivity index (χ2n) is 6.12. The summed E-state index contributed by atoms with van der Waals surface area (Å²) in [5.74, 6) is 0.0731. The van der Waals surface area contributed by atoms with Gasteiger partial charge < -0.3 is 4.74 Å². The first-order valence-electron chi connectivity index (χ1n) is 8.62. The molecule has 0 saturated heterocycles. The van der Waals surface area contributed by atoms with Gasteiger partial charge in [-0.3, -0.25) is 0 Å². The number of rotatable bonds is 9. The van der Waals surface area contributed by atoms with Crippen molar-refractivity contribution in [2.24, 2.45) is 0 Å². The molecule has 1 aliphatic carbocycles. The minimum Gasteiger partial charge on any atom is -0.491 e. The molecule has 0 fully saturated rings. The molecule has 0 aliphatic heterocycles. The van der Waals surface area contributed by atoms with Gasteiger partial charge in [-0.05, 0) is 30.5 Å². The third kappa shape index (κ3) is 5.49. The fraction of sp³-hybridized carbons (Fsp3) is 0.500. The number of benzene rings is 1. The Hall–Kier alpha value is -1.09. The molecule has 23 heavy (non-hydrogen) atoms. The largest absolute Gasteiger partial charge is 0.491 e. The molecule has 0 bridgehead atoms. The Bertz CT molecular complexity index is 553. The molecular weight excluding hydrogens is 355 g/mol. The summed E-state index contributed by atoms with van der Waals surface area (Å²) < 4.78 is 19.6. The smallest absolute Gasteiger partial charge is 0.165 e. The van der Waals surface area contributed by atoms with Gasteiger partial charge >= 0.3 is 0 Å². The molecule has 1 nitrogen and oxygen atoms in total. The molecule has 0 spiro atoms. The zero-order valence-corrected chi connectivity index (χ0v) is 15.4. The molecule has 1 unspecified atom stereocenters. The Labute approximate surface area is 147 Å². The van der Waals surface area contributed by atoms with E-state index in [1.165, 1.54) is 25.7 Å². The maximum atomic E-state index is 14.3. The molecule has 0 amide bonds. The van der Waals surface area contributed by atoms with Crippen LogP contribution in [0.3, 0.4) is 0 Å². The van der Waals surface area contributed by atoms with Gasteiger partial charge in [-0.25, -0.2) is 4.39 Å². The van der Waals surface area contributed by atoms with Crippen molar-refractivity contribution >= 4 is 15.9 Å². The Kier molecular flexibility index (Phi) is 7.35. The van der Waals surface area contributed by atoms with Crippen LogP contribution in [0.15, 0.2) is 42.5 Å². The standard InChI is InChI=1S/C20H26BrFO/c1-2-3-4-5-6-10-15-23-19-12-11-17(16-18(19)22)20(21)13-8-7-9-14-20/h7-9,11-13,16H,2-6,10,14-15H2,1H3. The minimum absolute atomic E-state index is 0.282. The van der Waals surface area contributed by atoms with Gasteiger partial charge in [0.15, 0.2) is 11.6 Å². The van der Waals surface area contributed by atoms with Gasteiger partial charge in [-0.2, -0.15) is 0 Å². The molecule has 0 radical (unpaired) electrons. The zero-order chi connectivity index (χ0) is 16.5. The lowest BCUT2D eigenvalue weighted by atomic mass is 9.92. The number of unbranched alkanes of at least 4 members (excludes halogenated alkanes) is 5. The summed E-state index contributed by atoms with van der Waals surface area (Å²) >= 11 is 3.71. The summed E-state index contributed by atoms with van der Waals surface area (Å²) in [5.41, 5.74) is 0.919. The van der Waals surface area contributed by atoms with Gasteiger partial charge in [0.05, 0.1) is 10.9 Å². The highest BCUT2D eigenvalue weighted by molar-refractivity contribution is 9.09. The second kappa shape index (κ2) is 9.27. The van der Waals surface area contributed by atoms with E-state index in [0.717, 1.165) is 24.8 Å². The summed E-state index contributed by atoms with van der Waals surface area (Å²) in [5, 5.41) is 0. The van der Waals surface area contributed by atoms with Crippen molar-refractivity contribution in [1.29, 1.82) is 0 Å². The van der Waals surface area contributed by atoms with Crippen molar-refractivity contribution in [3.63, 3.8) is 0 Å². The molecule has 2 rings (SSSR count). The fourth-order valence-electron chi connectivity index (χ4n) is 2.75. The number of alkyl halides is 1. The van der Waals surface area contributed by atoms with Crippen LogP contribution in [0.2, 0.25) is 0 Å². The van der Waals surface area contributed by atoms with Crippen LogP contribution in [-0.4, -0.2) is 6.61 Å². The number of hydrogen-bond donors (Lipinski definition) is 0. The highest BCUT2D eigenvalue weighted by Gasteiger charge is 2.26. The van der Waals surface area contributed by atoms with E-state index in [2.05, 4.69) is 35.0 Å². The van der Waals surface area contributed by atoms with Crippen LogP contribution in [0.5, 0.6) is 5.75 Å². The van der Waals surface area contributed by atoms with E-state index in [1.807, 2.05) is 18.2 Å². The first-order chi connectivity index (χ1) is 11.2. The van der Waals surface area contributed by atoms with Crippen molar-refractivity contribution < 1.29 is 9.13 Å². The Morgan fingerprint density at radius 3 is 2.61 bits per heavy atom. The van der Waals surface area contributed by atoms with E-state index in [1.54, 1.807) is 12.1 Å². The molecule has 1 aliphatic rings. The molecule has 0 N–H and O–H groups in total. The molecule has 1 aromatic carbocycles. The third-order valence-corrected chi connectivity index (χ3v) is 5.24. The Balaban J connectivity index is 1.83. The van der Waals surface area contributed by atoms with Gasteiger partial charge in [0.1, 0.15) is 0 Å². The van der Waals surface area contributed by atoms with E-state index >= 15 is 0 Å². The van der Waals surface area contributed by atoms with Gasteiger partial charge in [-0.1, -0.05) is 85.3 Å². The molecule has 0 saturated carbocycles. The number of hydrogen-bond acceptors (Lipinski definition) is 1. The summed E-state index contributed by atoms with van der Waals surface area (Å²) in [7, 11) is 0.